The minimum Gasteiger partial charge on any atom is -0.310 e. The van der Waals surface area contributed by atoms with Crippen LogP contribution in [0.2, 0.25) is 0 Å². The van der Waals surface area contributed by atoms with Crippen LogP contribution in [0.4, 0.5) is 0 Å². The van der Waals surface area contributed by atoms with Gasteiger partial charge in [-0.15, -0.1) is 0 Å². The molecule has 0 atom stereocenters. The van der Waals surface area contributed by atoms with Crippen LogP contribution in [0, 0.1) is 6.92 Å². The van der Waals surface area contributed by atoms with E-state index in [0.717, 1.165) is 24.8 Å². The van der Waals surface area contributed by atoms with Crippen LogP contribution in [-0.2, 0) is 13.1 Å². The molecule has 3 nitrogen and oxygen atoms in total. The summed E-state index contributed by atoms with van der Waals surface area (Å²) in [6.45, 7) is 3.86. The molecule has 2 aromatic rings. The molecule has 0 bridgehead atoms. The van der Waals surface area contributed by atoms with Gasteiger partial charge in [0.25, 0.3) is 0 Å². The summed E-state index contributed by atoms with van der Waals surface area (Å²) in [5.41, 5.74) is 3.81. The van der Waals surface area contributed by atoms with Crippen LogP contribution in [0.25, 0.3) is 0 Å². The van der Waals surface area contributed by atoms with Gasteiger partial charge in [0.15, 0.2) is 0 Å². The van der Waals surface area contributed by atoms with Crippen molar-refractivity contribution in [2.45, 2.75) is 38.9 Å². The van der Waals surface area contributed by atoms with Crippen molar-refractivity contribution < 1.29 is 0 Å². The lowest BCUT2D eigenvalue weighted by atomic mass is 10.1. The molecule has 0 aliphatic heterocycles. The van der Waals surface area contributed by atoms with E-state index in [4.69, 9.17) is 0 Å². The van der Waals surface area contributed by atoms with E-state index in [1.807, 2.05) is 23.9 Å². The van der Waals surface area contributed by atoms with E-state index in [1.165, 1.54) is 24.0 Å². The lowest BCUT2D eigenvalue weighted by molar-refractivity contribution is 0.650. The van der Waals surface area contributed by atoms with Gasteiger partial charge in [0.1, 0.15) is 0 Å². The Bertz CT molecular complexity index is 526. The van der Waals surface area contributed by atoms with Crippen molar-refractivity contribution in [1.29, 1.82) is 0 Å². The van der Waals surface area contributed by atoms with Crippen LogP contribution in [0.15, 0.2) is 36.5 Å². The number of benzene rings is 1. The minimum absolute atomic E-state index is 0.755. The third-order valence-corrected chi connectivity index (χ3v) is 3.38. The van der Waals surface area contributed by atoms with E-state index in [0.29, 0.717) is 0 Å². The molecule has 1 saturated carbocycles. The summed E-state index contributed by atoms with van der Waals surface area (Å²) in [6, 6.07) is 11.4. The van der Waals surface area contributed by atoms with E-state index in [2.05, 4.69) is 34.7 Å². The van der Waals surface area contributed by atoms with Crippen molar-refractivity contribution >= 4 is 0 Å². The summed E-state index contributed by atoms with van der Waals surface area (Å²) in [4.78, 5) is 0. The highest BCUT2D eigenvalue weighted by atomic mass is 15.3. The molecule has 3 rings (SSSR count). The second kappa shape index (κ2) is 4.94. The third kappa shape index (κ3) is 2.79. The smallest absolute Gasteiger partial charge is 0.0662 e. The number of aromatic nitrogens is 2. The Morgan fingerprint density at radius 1 is 1.22 bits per heavy atom. The monoisotopic (exact) mass is 241 g/mol. The van der Waals surface area contributed by atoms with Crippen LogP contribution in [0.1, 0.15) is 29.7 Å². The maximum absolute atomic E-state index is 4.45. The molecular weight excluding hydrogens is 222 g/mol. The first-order chi connectivity index (χ1) is 8.81. The Kier molecular flexibility index (Phi) is 3.15. The summed E-state index contributed by atoms with van der Waals surface area (Å²) in [5.74, 6) is 0. The van der Waals surface area contributed by atoms with E-state index < -0.39 is 0 Å². The minimum atomic E-state index is 0.755. The topological polar surface area (TPSA) is 29.9 Å². The first-order valence-corrected chi connectivity index (χ1v) is 6.61. The summed E-state index contributed by atoms with van der Waals surface area (Å²) in [6.07, 6.45) is 4.71. The van der Waals surface area contributed by atoms with Crippen molar-refractivity contribution in [3.8, 4) is 0 Å². The zero-order chi connectivity index (χ0) is 12.4. The molecular formula is C15H19N3. The maximum atomic E-state index is 4.45. The highest BCUT2D eigenvalue weighted by Gasteiger charge is 2.20. The van der Waals surface area contributed by atoms with Crippen LogP contribution >= 0.6 is 0 Å². The van der Waals surface area contributed by atoms with Crippen LogP contribution < -0.4 is 5.32 Å². The standard InChI is InChI=1S/C15H19N3/c1-12-8-9-18(17-12)11-14-5-3-2-4-13(14)10-16-15-6-7-15/h2-5,8-9,15-16H,6-7,10-11H2,1H3. The Morgan fingerprint density at radius 2 is 2.00 bits per heavy atom. The van der Waals surface area contributed by atoms with E-state index in [9.17, 15) is 0 Å². The van der Waals surface area contributed by atoms with Gasteiger partial charge in [0.2, 0.25) is 0 Å². The maximum Gasteiger partial charge on any atom is 0.0662 e. The summed E-state index contributed by atoms with van der Waals surface area (Å²) in [7, 11) is 0. The molecule has 1 N–H and O–H groups in total. The number of nitrogens with zero attached hydrogens (tertiary/aromatic N) is 2. The van der Waals surface area contributed by atoms with E-state index >= 15 is 0 Å². The fourth-order valence-electron chi connectivity index (χ4n) is 2.15. The Labute approximate surface area is 108 Å². The average molecular weight is 241 g/mol. The third-order valence-electron chi connectivity index (χ3n) is 3.38. The zero-order valence-electron chi connectivity index (χ0n) is 10.8. The van der Waals surface area contributed by atoms with Gasteiger partial charge < -0.3 is 5.32 Å². The molecule has 1 aliphatic carbocycles. The number of aryl methyl sites for hydroxylation is 1. The normalized spacial score (nSPS) is 14.9. The number of hydrogen-bond acceptors (Lipinski definition) is 2. The molecule has 18 heavy (non-hydrogen) atoms. The molecule has 0 unspecified atom stereocenters. The Balaban J connectivity index is 1.73. The van der Waals surface area contributed by atoms with Gasteiger partial charge in [-0.3, -0.25) is 4.68 Å². The average Bonchev–Trinajstić information content (AvgIpc) is 3.12. The first kappa shape index (κ1) is 11.5. The SMILES string of the molecule is Cc1ccn(Cc2ccccc2CNC2CC2)n1. The highest BCUT2D eigenvalue weighted by molar-refractivity contribution is 5.27. The number of rotatable bonds is 5. The molecule has 1 heterocycles. The largest absolute Gasteiger partial charge is 0.310 e. The van der Waals surface area contributed by atoms with Gasteiger partial charge in [0.05, 0.1) is 12.2 Å². The number of nitrogens with one attached hydrogen (secondary N) is 1. The summed E-state index contributed by atoms with van der Waals surface area (Å²) < 4.78 is 2.01. The second-order valence-electron chi connectivity index (χ2n) is 5.08. The van der Waals surface area contributed by atoms with Crippen molar-refractivity contribution in [3.05, 3.63) is 53.3 Å². The Hall–Kier alpha value is -1.61. The second-order valence-corrected chi connectivity index (χ2v) is 5.08. The zero-order valence-corrected chi connectivity index (χ0v) is 10.8. The molecule has 0 amide bonds. The van der Waals surface area contributed by atoms with Gasteiger partial charge in [-0.05, 0) is 37.0 Å². The lowest BCUT2D eigenvalue weighted by Crippen LogP contribution is -2.17. The van der Waals surface area contributed by atoms with Gasteiger partial charge >= 0.3 is 0 Å². The molecule has 1 aromatic heterocycles. The van der Waals surface area contributed by atoms with Gasteiger partial charge in [0, 0.05) is 18.8 Å². The number of hydrogen-bond donors (Lipinski definition) is 1. The molecule has 1 fully saturated rings. The Morgan fingerprint density at radius 3 is 2.67 bits per heavy atom. The summed E-state index contributed by atoms with van der Waals surface area (Å²) >= 11 is 0. The fourth-order valence-corrected chi connectivity index (χ4v) is 2.15. The van der Waals surface area contributed by atoms with Crippen molar-refractivity contribution in [2.75, 3.05) is 0 Å². The predicted octanol–water partition coefficient (Wildman–Crippen LogP) is 2.49. The van der Waals surface area contributed by atoms with Gasteiger partial charge in [-0.2, -0.15) is 5.10 Å². The first-order valence-electron chi connectivity index (χ1n) is 6.61. The lowest BCUT2D eigenvalue weighted by Gasteiger charge is -2.10. The molecule has 1 aromatic carbocycles. The summed E-state index contributed by atoms with van der Waals surface area (Å²) in [5, 5.41) is 8.03. The van der Waals surface area contributed by atoms with Crippen LogP contribution in [-0.4, -0.2) is 15.8 Å². The molecule has 0 radical (unpaired) electrons. The molecule has 3 heteroatoms. The van der Waals surface area contributed by atoms with Gasteiger partial charge in [-0.1, -0.05) is 24.3 Å². The highest BCUT2D eigenvalue weighted by Crippen LogP contribution is 2.20. The molecule has 1 aliphatic rings. The molecule has 94 valence electrons. The van der Waals surface area contributed by atoms with Crippen molar-refractivity contribution in [3.63, 3.8) is 0 Å². The predicted molar refractivity (Wildman–Crippen MR) is 72.4 cm³/mol. The van der Waals surface area contributed by atoms with Crippen LogP contribution in [0.3, 0.4) is 0 Å². The fraction of sp³-hybridized carbons (Fsp3) is 0.400. The van der Waals surface area contributed by atoms with Crippen LogP contribution in [0.5, 0.6) is 0 Å². The van der Waals surface area contributed by atoms with Crippen molar-refractivity contribution in [1.82, 2.24) is 15.1 Å². The van der Waals surface area contributed by atoms with E-state index in [-0.39, 0.29) is 0 Å². The van der Waals surface area contributed by atoms with Crippen molar-refractivity contribution in [2.24, 2.45) is 0 Å². The quantitative estimate of drug-likeness (QED) is 0.871. The molecule has 0 spiro atoms. The molecule has 0 saturated heterocycles. The van der Waals surface area contributed by atoms with Gasteiger partial charge in [-0.25, -0.2) is 0 Å². The van der Waals surface area contributed by atoms with E-state index in [1.54, 1.807) is 0 Å².